The normalized spacial score (nSPS) is 10.9. The highest BCUT2D eigenvalue weighted by molar-refractivity contribution is 6.03. The molecule has 18 heavy (non-hydrogen) atoms. The van der Waals surface area contributed by atoms with Gasteiger partial charge in [-0.1, -0.05) is 0 Å². The maximum absolute atomic E-state index is 12.3. The van der Waals surface area contributed by atoms with E-state index < -0.39 is 12.5 Å². The molecule has 0 atom stereocenters. The van der Waals surface area contributed by atoms with E-state index in [0.29, 0.717) is 10.4 Å². The van der Waals surface area contributed by atoms with Crippen LogP contribution in [-0.4, -0.2) is 25.5 Å². The molecule has 6 nitrogen and oxygen atoms in total. The number of nitrogens with one attached hydrogen (secondary N) is 1. The third-order valence-corrected chi connectivity index (χ3v) is 2.52. The largest absolute Gasteiger partial charge is 0.333 e. The molecule has 2 rings (SSSR count). The Balaban J connectivity index is 2.14. The predicted octanol–water partition coefficient (Wildman–Crippen LogP) is 1.57. The molecule has 0 bridgehead atoms. The number of rotatable bonds is 3. The maximum atomic E-state index is 12.3. The Morgan fingerprint density at radius 2 is 2.22 bits per heavy atom. The molecular weight excluding hydrogens is 244 g/mol. The summed E-state index contributed by atoms with van der Waals surface area (Å²) in [5.41, 5.74) is 1.21. The Morgan fingerprint density at radius 3 is 2.72 bits per heavy atom. The Morgan fingerprint density at radius 1 is 1.50 bits per heavy atom. The van der Waals surface area contributed by atoms with E-state index in [4.69, 9.17) is 0 Å². The zero-order chi connectivity index (χ0) is 13.3. The van der Waals surface area contributed by atoms with Crippen LogP contribution >= 0.6 is 0 Å². The van der Waals surface area contributed by atoms with Crippen molar-refractivity contribution >= 4 is 11.6 Å². The summed E-state index contributed by atoms with van der Waals surface area (Å²) in [7, 11) is 1.73. The first kappa shape index (κ1) is 12.2. The van der Waals surface area contributed by atoms with E-state index in [9.17, 15) is 13.6 Å². The van der Waals surface area contributed by atoms with Crippen molar-refractivity contribution in [1.29, 1.82) is 0 Å². The number of alkyl halides is 2. The molecule has 0 aliphatic rings. The molecule has 2 aromatic heterocycles. The predicted molar refractivity (Wildman–Crippen MR) is 59.4 cm³/mol. The SMILES string of the molecule is Cc1c(NC(=O)c2ccn(C(F)F)n2)cnn1C. The molecular formula is C10H11F2N5O. The lowest BCUT2D eigenvalue weighted by Crippen LogP contribution is -2.14. The number of aryl methyl sites for hydroxylation is 1. The van der Waals surface area contributed by atoms with Crippen molar-refractivity contribution < 1.29 is 13.6 Å². The molecule has 0 saturated heterocycles. The monoisotopic (exact) mass is 255 g/mol. The van der Waals surface area contributed by atoms with Gasteiger partial charge in [-0.15, -0.1) is 0 Å². The molecule has 0 fully saturated rings. The Labute approximate surface area is 101 Å². The minimum Gasteiger partial charge on any atom is -0.318 e. The zero-order valence-electron chi connectivity index (χ0n) is 9.76. The number of carbonyl (C=O) groups is 1. The van der Waals surface area contributed by atoms with E-state index in [1.54, 1.807) is 18.7 Å². The second kappa shape index (κ2) is 4.55. The molecule has 0 aliphatic carbocycles. The lowest BCUT2D eigenvalue weighted by Gasteiger charge is -2.02. The average Bonchev–Trinajstić information content (AvgIpc) is 2.91. The van der Waals surface area contributed by atoms with Crippen LogP contribution in [0.15, 0.2) is 18.5 Å². The highest BCUT2D eigenvalue weighted by atomic mass is 19.3. The quantitative estimate of drug-likeness (QED) is 0.905. The smallest absolute Gasteiger partial charge is 0.318 e. The first-order chi connectivity index (χ1) is 8.49. The Hall–Kier alpha value is -2.25. The van der Waals surface area contributed by atoms with Crippen LogP contribution in [0.5, 0.6) is 0 Å². The molecule has 0 saturated carbocycles. The van der Waals surface area contributed by atoms with Gasteiger partial charge in [-0.3, -0.25) is 9.48 Å². The Kier molecular flexibility index (Phi) is 3.09. The van der Waals surface area contributed by atoms with Crippen molar-refractivity contribution in [3.05, 3.63) is 29.8 Å². The summed E-state index contributed by atoms with van der Waals surface area (Å²) in [4.78, 5) is 11.7. The van der Waals surface area contributed by atoms with Gasteiger partial charge in [-0.05, 0) is 13.0 Å². The third kappa shape index (κ3) is 2.22. The number of hydrogen-bond donors (Lipinski definition) is 1. The number of carbonyl (C=O) groups excluding carboxylic acids is 1. The van der Waals surface area contributed by atoms with Gasteiger partial charge in [0.25, 0.3) is 5.91 Å². The lowest BCUT2D eigenvalue weighted by molar-refractivity contribution is 0.0561. The molecule has 2 aromatic rings. The van der Waals surface area contributed by atoms with Crippen molar-refractivity contribution in [2.24, 2.45) is 7.05 Å². The van der Waals surface area contributed by atoms with Crippen LogP contribution in [0, 0.1) is 6.92 Å². The molecule has 2 heterocycles. The minimum absolute atomic E-state index is 0.0708. The standard InChI is InChI=1S/C10H11F2N5O/c1-6-8(5-13-16(6)2)14-9(18)7-3-4-17(15-7)10(11)12/h3-5,10H,1-2H3,(H,14,18). The molecule has 96 valence electrons. The molecule has 0 unspecified atom stereocenters. The van der Waals surface area contributed by atoms with E-state index in [2.05, 4.69) is 15.5 Å². The van der Waals surface area contributed by atoms with Crippen molar-refractivity contribution in [3.63, 3.8) is 0 Å². The van der Waals surface area contributed by atoms with E-state index in [-0.39, 0.29) is 5.69 Å². The summed E-state index contributed by atoms with van der Waals surface area (Å²) in [5, 5.41) is 9.98. The van der Waals surface area contributed by atoms with Gasteiger partial charge in [0.05, 0.1) is 17.6 Å². The summed E-state index contributed by atoms with van der Waals surface area (Å²) >= 11 is 0. The van der Waals surface area contributed by atoms with Gasteiger partial charge in [-0.2, -0.15) is 19.0 Å². The number of hydrogen-bond acceptors (Lipinski definition) is 3. The van der Waals surface area contributed by atoms with Gasteiger partial charge in [0.1, 0.15) is 0 Å². The third-order valence-electron chi connectivity index (χ3n) is 2.52. The van der Waals surface area contributed by atoms with Gasteiger partial charge in [0.15, 0.2) is 5.69 Å². The van der Waals surface area contributed by atoms with Crippen LogP contribution in [0.2, 0.25) is 0 Å². The number of aromatic nitrogens is 4. The van der Waals surface area contributed by atoms with Gasteiger partial charge >= 0.3 is 6.55 Å². The van der Waals surface area contributed by atoms with Gasteiger partial charge in [-0.25, -0.2) is 4.68 Å². The van der Waals surface area contributed by atoms with E-state index >= 15 is 0 Å². The van der Waals surface area contributed by atoms with Crippen molar-refractivity contribution in [2.45, 2.75) is 13.5 Å². The second-order valence-corrected chi connectivity index (χ2v) is 3.68. The fraction of sp³-hybridized carbons (Fsp3) is 0.300. The number of nitrogens with zero attached hydrogens (tertiary/aromatic N) is 4. The van der Waals surface area contributed by atoms with Crippen molar-refractivity contribution in [2.75, 3.05) is 5.32 Å². The average molecular weight is 255 g/mol. The first-order valence-corrected chi connectivity index (χ1v) is 5.12. The number of halogens is 2. The Bertz CT molecular complexity index is 575. The van der Waals surface area contributed by atoms with Crippen molar-refractivity contribution in [3.8, 4) is 0 Å². The van der Waals surface area contributed by atoms with Gasteiger partial charge in [0.2, 0.25) is 0 Å². The first-order valence-electron chi connectivity index (χ1n) is 5.12. The van der Waals surface area contributed by atoms with Crippen LogP contribution in [0.25, 0.3) is 0 Å². The van der Waals surface area contributed by atoms with Crippen LogP contribution in [-0.2, 0) is 7.05 Å². The summed E-state index contributed by atoms with van der Waals surface area (Å²) < 4.78 is 26.6. The number of anilines is 1. The van der Waals surface area contributed by atoms with Crippen LogP contribution < -0.4 is 5.32 Å². The summed E-state index contributed by atoms with van der Waals surface area (Å²) in [6, 6.07) is 1.23. The fourth-order valence-electron chi connectivity index (χ4n) is 1.38. The summed E-state index contributed by atoms with van der Waals surface area (Å²) in [6.45, 7) is -0.980. The number of amides is 1. The topological polar surface area (TPSA) is 64.7 Å². The molecule has 1 N–H and O–H groups in total. The molecule has 0 radical (unpaired) electrons. The highest BCUT2D eigenvalue weighted by Crippen LogP contribution is 2.14. The zero-order valence-corrected chi connectivity index (χ0v) is 9.76. The highest BCUT2D eigenvalue weighted by Gasteiger charge is 2.15. The van der Waals surface area contributed by atoms with Gasteiger partial charge in [0, 0.05) is 13.2 Å². The summed E-state index contributed by atoms with van der Waals surface area (Å²) in [5.74, 6) is -0.550. The second-order valence-electron chi connectivity index (χ2n) is 3.68. The molecule has 8 heteroatoms. The van der Waals surface area contributed by atoms with E-state index in [1.807, 2.05) is 0 Å². The molecule has 1 amide bonds. The van der Waals surface area contributed by atoms with Crippen LogP contribution in [0.3, 0.4) is 0 Å². The maximum Gasteiger partial charge on any atom is 0.333 e. The lowest BCUT2D eigenvalue weighted by atomic mass is 10.3. The molecule has 0 aliphatic heterocycles. The van der Waals surface area contributed by atoms with E-state index in [1.165, 1.54) is 12.3 Å². The fourth-order valence-corrected chi connectivity index (χ4v) is 1.38. The minimum atomic E-state index is -2.76. The molecule has 0 spiro atoms. The van der Waals surface area contributed by atoms with Crippen LogP contribution in [0.1, 0.15) is 22.7 Å². The molecule has 0 aromatic carbocycles. The summed E-state index contributed by atoms with van der Waals surface area (Å²) in [6.07, 6.45) is 2.53. The van der Waals surface area contributed by atoms with Crippen molar-refractivity contribution in [1.82, 2.24) is 19.6 Å². The van der Waals surface area contributed by atoms with Crippen LogP contribution in [0.4, 0.5) is 14.5 Å². The van der Waals surface area contributed by atoms with E-state index in [0.717, 1.165) is 11.9 Å². The van der Waals surface area contributed by atoms with Gasteiger partial charge < -0.3 is 5.32 Å².